The smallest absolute Gasteiger partial charge is 0.338 e. The first kappa shape index (κ1) is 24.8. The van der Waals surface area contributed by atoms with Gasteiger partial charge in [0.05, 0.1) is 34.4 Å². The molecule has 8 heteroatoms. The summed E-state index contributed by atoms with van der Waals surface area (Å²) in [7, 11) is 1.67. The summed E-state index contributed by atoms with van der Waals surface area (Å²) in [5, 5.41) is 9.84. The van der Waals surface area contributed by atoms with E-state index in [9.17, 15) is 14.9 Å². The fourth-order valence-corrected chi connectivity index (χ4v) is 4.41. The first-order valence-corrected chi connectivity index (χ1v) is 12.0. The largest absolute Gasteiger partial charge is 0.488 e. The van der Waals surface area contributed by atoms with Gasteiger partial charge in [0.1, 0.15) is 12.4 Å². The average Bonchev–Trinajstić information content (AvgIpc) is 3.16. The third-order valence-electron chi connectivity index (χ3n) is 5.33. The van der Waals surface area contributed by atoms with Crippen LogP contribution in [0.1, 0.15) is 34.0 Å². The number of amides is 1. The fourth-order valence-electron chi connectivity index (χ4n) is 3.43. The van der Waals surface area contributed by atoms with Crippen molar-refractivity contribution in [2.75, 3.05) is 13.7 Å². The molecule has 0 bridgehead atoms. The normalized spacial score (nSPS) is 15.2. The summed E-state index contributed by atoms with van der Waals surface area (Å²) >= 11 is 1.26. The van der Waals surface area contributed by atoms with E-state index in [0.29, 0.717) is 39.2 Å². The number of carbonyl (C=O) groups excluding carboxylic acids is 2. The highest BCUT2D eigenvalue weighted by Crippen LogP contribution is 2.35. The van der Waals surface area contributed by atoms with Crippen LogP contribution in [-0.2, 0) is 16.1 Å². The number of likely N-dealkylation sites (N-methyl/N-ethyl adjacent to an activating group) is 1. The maximum atomic E-state index is 12.9. The number of benzene rings is 3. The molecule has 3 aromatic rings. The van der Waals surface area contributed by atoms with Crippen molar-refractivity contribution in [1.29, 1.82) is 5.26 Å². The number of hydrogen-bond donors (Lipinski definition) is 0. The number of nitriles is 1. The van der Waals surface area contributed by atoms with Crippen LogP contribution in [0.3, 0.4) is 0 Å². The van der Waals surface area contributed by atoms with Crippen molar-refractivity contribution in [1.82, 2.24) is 4.90 Å². The Kier molecular flexibility index (Phi) is 7.83. The minimum atomic E-state index is -0.388. The fraction of sp³-hybridized carbons (Fsp3) is 0.143. The van der Waals surface area contributed by atoms with Crippen LogP contribution >= 0.6 is 11.8 Å². The quantitative estimate of drug-likeness (QED) is 0.314. The van der Waals surface area contributed by atoms with Crippen molar-refractivity contribution >= 4 is 40.6 Å². The molecule has 1 saturated heterocycles. The number of ether oxygens (including phenoxy) is 2. The van der Waals surface area contributed by atoms with Crippen LogP contribution < -0.4 is 4.74 Å². The number of amidine groups is 1. The Bertz CT molecular complexity index is 1390. The van der Waals surface area contributed by atoms with Crippen molar-refractivity contribution in [2.45, 2.75) is 13.5 Å². The SMILES string of the molecule is CCOC(=O)c1ccc(N=C2S/C(=C\c3ccccc3OCc3ccccc3C#N)C(=O)N2C)cc1. The second-order valence-electron chi connectivity index (χ2n) is 7.73. The molecule has 1 heterocycles. The van der Waals surface area contributed by atoms with Gasteiger partial charge in [0.2, 0.25) is 0 Å². The van der Waals surface area contributed by atoms with Crippen molar-refractivity contribution in [2.24, 2.45) is 4.99 Å². The van der Waals surface area contributed by atoms with Gasteiger partial charge in [-0.3, -0.25) is 9.69 Å². The zero-order chi connectivity index (χ0) is 25.5. The monoisotopic (exact) mass is 497 g/mol. The lowest BCUT2D eigenvalue weighted by atomic mass is 10.1. The lowest BCUT2D eigenvalue weighted by molar-refractivity contribution is -0.121. The minimum absolute atomic E-state index is 0.175. The van der Waals surface area contributed by atoms with Gasteiger partial charge in [-0.25, -0.2) is 9.79 Å². The van der Waals surface area contributed by atoms with Gasteiger partial charge >= 0.3 is 5.97 Å². The predicted molar refractivity (Wildman–Crippen MR) is 140 cm³/mol. The maximum Gasteiger partial charge on any atom is 0.338 e. The molecular weight excluding hydrogens is 474 g/mol. The third-order valence-corrected chi connectivity index (χ3v) is 6.39. The average molecular weight is 498 g/mol. The molecule has 1 aliphatic heterocycles. The molecule has 0 radical (unpaired) electrons. The zero-order valence-corrected chi connectivity index (χ0v) is 20.6. The van der Waals surface area contributed by atoms with Crippen molar-refractivity contribution in [3.8, 4) is 11.8 Å². The van der Waals surface area contributed by atoms with Gasteiger partial charge < -0.3 is 9.47 Å². The lowest BCUT2D eigenvalue weighted by Crippen LogP contribution is -2.23. The third kappa shape index (κ3) is 5.65. The Morgan fingerprint density at radius 2 is 1.81 bits per heavy atom. The van der Waals surface area contributed by atoms with Crippen molar-refractivity contribution < 1.29 is 19.1 Å². The molecule has 1 fully saturated rings. The molecule has 0 saturated carbocycles. The highest BCUT2D eigenvalue weighted by atomic mass is 32.2. The summed E-state index contributed by atoms with van der Waals surface area (Å²) < 4.78 is 11.0. The molecule has 36 heavy (non-hydrogen) atoms. The van der Waals surface area contributed by atoms with Crippen LogP contribution in [0.4, 0.5) is 5.69 Å². The number of esters is 1. The van der Waals surface area contributed by atoms with E-state index in [0.717, 1.165) is 11.1 Å². The summed E-state index contributed by atoms with van der Waals surface area (Å²) in [5.41, 5.74) is 3.16. The number of hydrogen-bond acceptors (Lipinski definition) is 7. The molecule has 0 spiro atoms. The number of thioether (sulfide) groups is 1. The number of carbonyl (C=O) groups is 2. The number of nitrogens with zero attached hydrogens (tertiary/aromatic N) is 3. The second kappa shape index (κ2) is 11.4. The molecule has 0 unspecified atom stereocenters. The molecule has 180 valence electrons. The van der Waals surface area contributed by atoms with Gasteiger partial charge in [0.25, 0.3) is 5.91 Å². The van der Waals surface area contributed by atoms with Gasteiger partial charge in [-0.15, -0.1) is 0 Å². The lowest BCUT2D eigenvalue weighted by Gasteiger charge is -2.10. The number of rotatable bonds is 7. The van der Waals surface area contributed by atoms with Crippen molar-refractivity contribution in [3.05, 3.63) is 100.0 Å². The minimum Gasteiger partial charge on any atom is -0.488 e. The number of para-hydroxylation sites is 1. The van der Waals surface area contributed by atoms with Crippen LogP contribution in [0, 0.1) is 11.3 Å². The highest BCUT2D eigenvalue weighted by molar-refractivity contribution is 8.18. The van der Waals surface area contributed by atoms with Crippen molar-refractivity contribution in [3.63, 3.8) is 0 Å². The van der Waals surface area contributed by atoms with Gasteiger partial charge in [-0.2, -0.15) is 5.26 Å². The van der Waals surface area contributed by atoms with E-state index in [2.05, 4.69) is 11.1 Å². The molecule has 0 atom stereocenters. The molecule has 3 aromatic carbocycles. The molecule has 0 N–H and O–H groups in total. The number of aliphatic imine (C=N–C) groups is 1. The van der Waals surface area contributed by atoms with Crippen LogP contribution in [0.5, 0.6) is 5.75 Å². The summed E-state index contributed by atoms with van der Waals surface area (Å²) in [6.07, 6.45) is 1.78. The second-order valence-corrected chi connectivity index (χ2v) is 8.74. The predicted octanol–water partition coefficient (Wildman–Crippen LogP) is 5.55. The first-order valence-electron chi connectivity index (χ1n) is 11.2. The van der Waals surface area contributed by atoms with E-state index in [-0.39, 0.29) is 18.5 Å². The summed E-state index contributed by atoms with van der Waals surface area (Å²) in [6, 6.07) is 23.6. The standard InChI is InChI=1S/C28H23N3O4S/c1-3-34-27(33)19-12-14-23(15-13-19)30-28-31(2)26(32)25(36-28)16-20-8-6-7-11-24(20)35-18-22-10-5-4-9-21(22)17-29/h4-16H,3,18H2,1-2H3/b25-16-,30-28?. The van der Waals surface area contributed by atoms with E-state index in [1.54, 1.807) is 50.4 Å². The molecule has 1 aliphatic rings. The van der Waals surface area contributed by atoms with E-state index in [1.807, 2.05) is 42.5 Å². The molecular formula is C28H23N3O4S. The first-order chi connectivity index (χ1) is 17.5. The van der Waals surface area contributed by atoms with E-state index < -0.39 is 0 Å². The van der Waals surface area contributed by atoms with Gasteiger partial charge in [-0.05, 0) is 61.2 Å². The molecule has 0 aliphatic carbocycles. The maximum absolute atomic E-state index is 12.9. The molecule has 1 amide bonds. The summed E-state index contributed by atoms with van der Waals surface area (Å²) in [6.45, 7) is 2.30. The Morgan fingerprint density at radius 1 is 1.08 bits per heavy atom. The highest BCUT2D eigenvalue weighted by Gasteiger charge is 2.30. The van der Waals surface area contributed by atoms with Crippen LogP contribution in [0.25, 0.3) is 6.08 Å². The van der Waals surface area contributed by atoms with E-state index in [1.165, 1.54) is 16.7 Å². The Labute approximate surface area is 213 Å². The van der Waals surface area contributed by atoms with E-state index >= 15 is 0 Å². The van der Waals surface area contributed by atoms with Gasteiger partial charge in [0.15, 0.2) is 5.17 Å². The molecule has 4 rings (SSSR count). The molecule has 7 nitrogen and oxygen atoms in total. The van der Waals surface area contributed by atoms with Gasteiger partial charge in [0, 0.05) is 18.2 Å². The van der Waals surface area contributed by atoms with Crippen LogP contribution in [-0.4, -0.2) is 35.6 Å². The Hall–Kier alpha value is -4.35. The van der Waals surface area contributed by atoms with Crippen LogP contribution in [0.2, 0.25) is 0 Å². The summed E-state index contributed by atoms with van der Waals surface area (Å²) in [4.78, 5) is 31.3. The zero-order valence-electron chi connectivity index (χ0n) is 19.8. The Morgan fingerprint density at radius 3 is 2.56 bits per heavy atom. The van der Waals surface area contributed by atoms with E-state index in [4.69, 9.17) is 9.47 Å². The summed E-state index contributed by atoms with van der Waals surface area (Å²) in [5.74, 6) is 0.0433. The Balaban J connectivity index is 1.53. The van der Waals surface area contributed by atoms with Gasteiger partial charge in [-0.1, -0.05) is 36.4 Å². The molecule has 0 aromatic heterocycles. The van der Waals surface area contributed by atoms with Crippen LogP contribution in [0.15, 0.2) is 82.7 Å². The topological polar surface area (TPSA) is 92.0 Å².